The summed E-state index contributed by atoms with van der Waals surface area (Å²) in [7, 11) is 0. The molecule has 5 nitrogen and oxygen atoms in total. The van der Waals surface area contributed by atoms with Gasteiger partial charge in [-0.1, -0.05) is 12.1 Å². The Morgan fingerprint density at radius 1 is 1.28 bits per heavy atom. The van der Waals surface area contributed by atoms with Gasteiger partial charge in [-0.15, -0.1) is 0 Å². The van der Waals surface area contributed by atoms with Gasteiger partial charge in [-0.3, -0.25) is 4.90 Å². The Balaban J connectivity index is 1.43. The molecule has 0 bridgehead atoms. The van der Waals surface area contributed by atoms with Crippen LogP contribution in [0.3, 0.4) is 0 Å². The van der Waals surface area contributed by atoms with Crippen molar-refractivity contribution in [3.05, 3.63) is 35.6 Å². The minimum atomic E-state index is -0.565. The van der Waals surface area contributed by atoms with Gasteiger partial charge in [0.15, 0.2) is 0 Å². The molecule has 0 unspecified atom stereocenters. The third kappa shape index (κ3) is 3.51. The molecule has 136 valence electrons. The Labute approximate surface area is 147 Å². The first-order chi connectivity index (χ1) is 12.0. The number of carbonyl (C=O) groups excluding carboxylic acids is 1. The van der Waals surface area contributed by atoms with E-state index in [2.05, 4.69) is 17.1 Å². The van der Waals surface area contributed by atoms with Gasteiger partial charge in [0.2, 0.25) is 0 Å². The quantitative estimate of drug-likeness (QED) is 0.882. The summed E-state index contributed by atoms with van der Waals surface area (Å²) in [6, 6.07) is 7.24. The summed E-state index contributed by atoms with van der Waals surface area (Å²) in [4.78, 5) is 17.0. The van der Waals surface area contributed by atoms with E-state index in [0.717, 1.165) is 18.5 Å². The summed E-state index contributed by atoms with van der Waals surface area (Å²) in [5.41, 5.74) is 0.742. The van der Waals surface area contributed by atoms with Crippen molar-refractivity contribution in [1.29, 1.82) is 0 Å². The van der Waals surface area contributed by atoms with Gasteiger partial charge in [0.05, 0.1) is 12.1 Å². The zero-order valence-electron chi connectivity index (χ0n) is 14.6. The Kier molecular flexibility index (Phi) is 4.41. The molecular weight excluding hydrogens is 321 g/mol. The highest BCUT2D eigenvalue weighted by Gasteiger charge is 2.41. The van der Waals surface area contributed by atoms with Crippen molar-refractivity contribution in [2.24, 2.45) is 0 Å². The van der Waals surface area contributed by atoms with Gasteiger partial charge in [-0.2, -0.15) is 0 Å². The van der Waals surface area contributed by atoms with Crippen LogP contribution in [-0.2, 0) is 0 Å². The zero-order chi connectivity index (χ0) is 17.6. The Bertz CT molecular complexity index is 651. The Morgan fingerprint density at radius 3 is 2.80 bits per heavy atom. The first kappa shape index (κ1) is 16.8. The van der Waals surface area contributed by atoms with Gasteiger partial charge in [0, 0.05) is 31.2 Å². The predicted molar refractivity (Wildman–Crippen MR) is 92.6 cm³/mol. The topological polar surface area (TPSA) is 55.8 Å². The maximum Gasteiger partial charge on any atom is 0.318 e. The van der Waals surface area contributed by atoms with Gasteiger partial charge in [-0.05, 0) is 50.3 Å². The lowest BCUT2D eigenvalue weighted by molar-refractivity contribution is 0.167. The largest absolute Gasteiger partial charge is 0.391 e. The van der Waals surface area contributed by atoms with Crippen molar-refractivity contribution in [3.63, 3.8) is 0 Å². The number of hydrogen-bond acceptors (Lipinski definition) is 3. The summed E-state index contributed by atoms with van der Waals surface area (Å²) in [6.45, 7) is 3.42. The van der Waals surface area contributed by atoms with E-state index in [1.165, 1.54) is 25.0 Å². The third-order valence-corrected chi connectivity index (χ3v) is 5.74. The fourth-order valence-corrected chi connectivity index (χ4v) is 4.40. The number of rotatable bonds is 3. The highest BCUT2D eigenvalue weighted by molar-refractivity contribution is 5.75. The van der Waals surface area contributed by atoms with Crippen LogP contribution in [0.1, 0.15) is 44.2 Å². The second kappa shape index (κ2) is 6.57. The van der Waals surface area contributed by atoms with Crippen LogP contribution < -0.4 is 5.32 Å². The molecule has 2 saturated heterocycles. The number of nitrogens with zero attached hydrogens (tertiary/aromatic N) is 2. The minimum Gasteiger partial charge on any atom is -0.391 e. The monoisotopic (exact) mass is 347 g/mol. The van der Waals surface area contributed by atoms with Crippen LogP contribution in [0.15, 0.2) is 24.3 Å². The molecule has 4 atom stereocenters. The molecule has 1 saturated carbocycles. The molecule has 2 heterocycles. The smallest absolute Gasteiger partial charge is 0.318 e. The number of benzene rings is 1. The molecule has 2 N–H and O–H groups in total. The molecule has 1 aromatic carbocycles. The van der Waals surface area contributed by atoms with Gasteiger partial charge < -0.3 is 15.3 Å². The molecular formula is C19H26FN3O2. The van der Waals surface area contributed by atoms with Crippen molar-refractivity contribution in [1.82, 2.24) is 15.1 Å². The van der Waals surface area contributed by atoms with E-state index in [1.807, 2.05) is 6.07 Å². The number of amides is 2. The van der Waals surface area contributed by atoms with Gasteiger partial charge in [-0.25, -0.2) is 9.18 Å². The zero-order valence-corrected chi connectivity index (χ0v) is 14.6. The van der Waals surface area contributed by atoms with E-state index >= 15 is 0 Å². The van der Waals surface area contributed by atoms with Crippen LogP contribution >= 0.6 is 0 Å². The average Bonchev–Trinajstić information content (AvgIpc) is 3.24. The summed E-state index contributed by atoms with van der Waals surface area (Å²) < 4.78 is 13.6. The Hall–Kier alpha value is -1.66. The molecule has 2 aliphatic heterocycles. The third-order valence-electron chi connectivity index (χ3n) is 5.74. The summed E-state index contributed by atoms with van der Waals surface area (Å²) in [5.74, 6) is -0.316. The number of hydrogen-bond donors (Lipinski definition) is 2. The maximum absolute atomic E-state index is 13.6. The number of β-amino-alcohol motifs (C(OH)–C–C–N with tert-alkyl or cyclic N) is 1. The van der Waals surface area contributed by atoms with E-state index in [0.29, 0.717) is 25.0 Å². The van der Waals surface area contributed by atoms with E-state index < -0.39 is 6.10 Å². The van der Waals surface area contributed by atoms with E-state index in [9.17, 15) is 14.3 Å². The number of halogens is 1. The van der Waals surface area contributed by atoms with Crippen LogP contribution in [0.25, 0.3) is 0 Å². The molecule has 3 fully saturated rings. The van der Waals surface area contributed by atoms with Crippen LogP contribution in [0.4, 0.5) is 9.18 Å². The number of nitrogens with one attached hydrogen (secondary N) is 1. The lowest BCUT2D eigenvalue weighted by Crippen LogP contribution is -2.46. The van der Waals surface area contributed by atoms with Gasteiger partial charge >= 0.3 is 6.03 Å². The number of likely N-dealkylation sites (tertiary alicyclic amines) is 2. The fourth-order valence-electron chi connectivity index (χ4n) is 4.40. The molecule has 2 amide bonds. The lowest BCUT2D eigenvalue weighted by atomic mass is 10.0. The average molecular weight is 347 g/mol. The van der Waals surface area contributed by atoms with Crippen LogP contribution in [0.5, 0.6) is 0 Å². The highest BCUT2D eigenvalue weighted by Crippen LogP contribution is 2.35. The molecule has 1 aliphatic carbocycles. The van der Waals surface area contributed by atoms with E-state index in [-0.39, 0.29) is 23.9 Å². The van der Waals surface area contributed by atoms with Crippen LogP contribution in [0.2, 0.25) is 0 Å². The van der Waals surface area contributed by atoms with Crippen molar-refractivity contribution in [3.8, 4) is 0 Å². The molecule has 0 radical (unpaired) electrons. The van der Waals surface area contributed by atoms with E-state index in [1.54, 1.807) is 11.0 Å². The van der Waals surface area contributed by atoms with Crippen LogP contribution in [-0.4, -0.2) is 58.3 Å². The second-order valence-corrected chi connectivity index (χ2v) is 7.77. The van der Waals surface area contributed by atoms with Gasteiger partial charge in [0.1, 0.15) is 5.82 Å². The van der Waals surface area contributed by atoms with E-state index in [4.69, 9.17) is 0 Å². The number of urea groups is 1. The summed E-state index contributed by atoms with van der Waals surface area (Å²) in [5, 5.41) is 13.2. The predicted octanol–water partition coefficient (Wildman–Crippen LogP) is 2.27. The van der Waals surface area contributed by atoms with Crippen molar-refractivity contribution < 1.29 is 14.3 Å². The van der Waals surface area contributed by atoms with Crippen molar-refractivity contribution in [2.45, 2.75) is 62.9 Å². The minimum absolute atomic E-state index is 0.147. The SMILES string of the molecule is C[C@@H]1C[C@H](NC(=O)N2C[C@@H](O)C[C@H]2c2cccc(F)c2)CN1C1CC1. The van der Waals surface area contributed by atoms with Crippen molar-refractivity contribution in [2.75, 3.05) is 13.1 Å². The standard InChI is InChI=1S/C19H26FN3O2/c1-12-7-15(10-22(12)16-5-6-16)21-19(25)23-11-17(24)9-18(23)13-3-2-4-14(20)8-13/h2-4,8,12,15-18,24H,5-7,9-11H2,1H3,(H,21,25)/t12-,15+,17+,18+/m1/s1. The van der Waals surface area contributed by atoms with Gasteiger partial charge in [0.25, 0.3) is 0 Å². The molecule has 0 aromatic heterocycles. The summed E-state index contributed by atoms with van der Waals surface area (Å²) >= 11 is 0. The maximum atomic E-state index is 13.6. The molecule has 4 rings (SSSR count). The Morgan fingerprint density at radius 2 is 2.08 bits per heavy atom. The first-order valence-corrected chi connectivity index (χ1v) is 9.27. The summed E-state index contributed by atoms with van der Waals surface area (Å²) in [6.07, 6.45) is 3.38. The lowest BCUT2D eigenvalue weighted by Gasteiger charge is -2.27. The molecule has 0 spiro atoms. The number of aliphatic hydroxyl groups is 1. The molecule has 3 aliphatic rings. The van der Waals surface area contributed by atoms with Crippen LogP contribution in [0, 0.1) is 5.82 Å². The second-order valence-electron chi connectivity index (χ2n) is 7.77. The fraction of sp³-hybridized carbons (Fsp3) is 0.632. The highest BCUT2D eigenvalue weighted by atomic mass is 19.1. The first-order valence-electron chi connectivity index (χ1n) is 9.27. The molecule has 6 heteroatoms. The normalized spacial score (nSPS) is 33.0. The number of aliphatic hydroxyl groups excluding tert-OH is 1. The van der Waals surface area contributed by atoms with Crippen molar-refractivity contribution >= 4 is 6.03 Å². The molecule has 1 aromatic rings. The number of carbonyl (C=O) groups is 1. The molecule has 25 heavy (non-hydrogen) atoms.